The molecular formula is C29H29NO5. The Bertz CT molecular complexity index is 1180. The maximum Gasteiger partial charge on any atom is 0.410 e. The molecule has 0 aromatic heterocycles. The van der Waals surface area contributed by atoms with Gasteiger partial charge in [-0.3, -0.25) is 4.90 Å². The number of methoxy groups -OCH3 is 1. The number of carbonyl (C=O) groups excluding carboxylic acids is 1. The van der Waals surface area contributed by atoms with Crippen LogP contribution in [0.2, 0.25) is 0 Å². The molecule has 6 nitrogen and oxygen atoms in total. The Hall–Kier alpha value is -3.35. The van der Waals surface area contributed by atoms with Gasteiger partial charge in [0.2, 0.25) is 0 Å². The summed E-state index contributed by atoms with van der Waals surface area (Å²) in [4.78, 5) is 15.2. The second kappa shape index (κ2) is 8.70. The molecule has 2 aliphatic heterocycles. The molecule has 35 heavy (non-hydrogen) atoms. The van der Waals surface area contributed by atoms with E-state index in [9.17, 15) is 9.90 Å². The molecule has 2 bridgehead atoms. The lowest BCUT2D eigenvalue weighted by atomic mass is 9.77. The Kier molecular flexibility index (Phi) is 5.50. The molecule has 180 valence electrons. The summed E-state index contributed by atoms with van der Waals surface area (Å²) in [6.07, 6.45) is 0.474. The van der Waals surface area contributed by atoms with E-state index in [2.05, 4.69) is 24.3 Å². The Labute approximate surface area is 205 Å². The molecule has 1 N–H and O–H groups in total. The van der Waals surface area contributed by atoms with Gasteiger partial charge in [-0.15, -0.1) is 0 Å². The topological polar surface area (TPSA) is 68.2 Å². The zero-order valence-corrected chi connectivity index (χ0v) is 19.7. The molecule has 0 spiro atoms. The first-order valence-electron chi connectivity index (χ1n) is 12.2. The Morgan fingerprint density at radius 3 is 2.09 bits per heavy atom. The van der Waals surface area contributed by atoms with Crippen LogP contribution in [0.3, 0.4) is 0 Å². The van der Waals surface area contributed by atoms with Crippen LogP contribution in [-0.4, -0.2) is 55.1 Å². The zero-order valence-electron chi connectivity index (χ0n) is 19.7. The van der Waals surface area contributed by atoms with E-state index in [0.29, 0.717) is 26.1 Å². The third kappa shape index (κ3) is 3.77. The van der Waals surface area contributed by atoms with Gasteiger partial charge in [-0.25, -0.2) is 4.79 Å². The Balaban J connectivity index is 1.19. The number of piperidine rings is 1. The van der Waals surface area contributed by atoms with E-state index in [1.165, 1.54) is 22.3 Å². The molecule has 2 unspecified atom stereocenters. The fraction of sp³-hybridized carbons (Fsp3) is 0.345. The van der Waals surface area contributed by atoms with E-state index >= 15 is 0 Å². The van der Waals surface area contributed by atoms with Crippen LogP contribution in [0, 0.1) is 0 Å². The summed E-state index contributed by atoms with van der Waals surface area (Å²) in [7, 11) is 1.62. The molecule has 2 atom stereocenters. The lowest BCUT2D eigenvalue weighted by Gasteiger charge is -2.51. The maximum absolute atomic E-state index is 13.4. The zero-order chi connectivity index (χ0) is 24.0. The van der Waals surface area contributed by atoms with Crippen molar-refractivity contribution < 1.29 is 24.1 Å². The number of nitrogens with zero attached hydrogens (tertiary/aromatic N) is 1. The number of benzene rings is 3. The predicted octanol–water partition coefficient (Wildman–Crippen LogP) is 4.70. The lowest BCUT2D eigenvalue weighted by molar-refractivity contribution is -0.136. The van der Waals surface area contributed by atoms with Crippen molar-refractivity contribution in [1.82, 2.24) is 4.90 Å². The number of rotatable bonds is 4. The van der Waals surface area contributed by atoms with Gasteiger partial charge in [0.25, 0.3) is 0 Å². The van der Waals surface area contributed by atoms with Crippen LogP contribution in [0.4, 0.5) is 4.79 Å². The molecule has 0 radical (unpaired) electrons. The molecule has 1 amide bonds. The summed E-state index contributed by atoms with van der Waals surface area (Å²) in [5.41, 5.74) is 4.61. The van der Waals surface area contributed by atoms with Crippen LogP contribution in [0.15, 0.2) is 72.8 Å². The van der Waals surface area contributed by atoms with E-state index in [0.717, 1.165) is 11.3 Å². The first-order chi connectivity index (χ1) is 17.1. The number of hydrogen-bond donors (Lipinski definition) is 1. The van der Waals surface area contributed by atoms with Crippen molar-refractivity contribution in [3.8, 4) is 16.9 Å². The van der Waals surface area contributed by atoms with Crippen molar-refractivity contribution in [2.45, 2.75) is 36.4 Å². The Morgan fingerprint density at radius 2 is 1.51 bits per heavy atom. The number of amides is 1. The smallest absolute Gasteiger partial charge is 0.410 e. The minimum atomic E-state index is -1.02. The third-order valence-corrected chi connectivity index (χ3v) is 7.73. The van der Waals surface area contributed by atoms with Crippen LogP contribution in [0.5, 0.6) is 5.75 Å². The van der Waals surface area contributed by atoms with Gasteiger partial charge in [0.15, 0.2) is 0 Å². The van der Waals surface area contributed by atoms with Crippen LogP contribution >= 0.6 is 0 Å². The van der Waals surface area contributed by atoms with Gasteiger partial charge in [-0.05, 0) is 39.9 Å². The summed E-state index contributed by atoms with van der Waals surface area (Å²) in [6.45, 7) is 1.06. The average Bonchev–Trinajstić information content (AvgIpc) is 3.20. The molecule has 6 rings (SSSR count). The molecule has 3 aromatic carbocycles. The van der Waals surface area contributed by atoms with Crippen LogP contribution < -0.4 is 4.74 Å². The Morgan fingerprint density at radius 1 is 0.943 bits per heavy atom. The maximum atomic E-state index is 13.4. The molecule has 1 aliphatic carbocycles. The summed E-state index contributed by atoms with van der Waals surface area (Å²) in [5.74, 6) is 0.764. The standard InChI is InChI=1S/C29H29NO5/c1-33-22-12-10-19(11-13-22)29(32)14-20-16-34-17-21(15-29)30(20)28(31)35-18-27-25-8-4-2-6-23(25)24-7-3-5-9-26(24)27/h2-13,20-21,27,32H,14-18H2,1H3. The van der Waals surface area contributed by atoms with Gasteiger partial charge >= 0.3 is 6.09 Å². The number of carbonyl (C=O) groups is 1. The average molecular weight is 472 g/mol. The van der Waals surface area contributed by atoms with Crippen molar-refractivity contribution in [1.29, 1.82) is 0 Å². The number of morpholine rings is 1. The number of fused-ring (bicyclic) bond motifs is 5. The normalized spacial score (nSPS) is 25.0. The molecular weight excluding hydrogens is 442 g/mol. The van der Waals surface area contributed by atoms with Gasteiger partial charge in [-0.1, -0.05) is 60.7 Å². The van der Waals surface area contributed by atoms with E-state index in [1.807, 2.05) is 48.5 Å². The summed E-state index contributed by atoms with van der Waals surface area (Å²) < 4.78 is 17.0. The van der Waals surface area contributed by atoms with Crippen molar-refractivity contribution in [2.75, 3.05) is 26.9 Å². The monoisotopic (exact) mass is 471 g/mol. The van der Waals surface area contributed by atoms with E-state index < -0.39 is 5.60 Å². The van der Waals surface area contributed by atoms with E-state index in [1.54, 1.807) is 12.0 Å². The lowest BCUT2D eigenvalue weighted by Crippen LogP contribution is -2.62. The van der Waals surface area contributed by atoms with Gasteiger partial charge < -0.3 is 19.3 Å². The van der Waals surface area contributed by atoms with Gasteiger partial charge in [0, 0.05) is 18.8 Å². The van der Waals surface area contributed by atoms with E-state index in [-0.39, 0.29) is 30.7 Å². The highest BCUT2D eigenvalue weighted by Gasteiger charge is 2.49. The molecule has 2 heterocycles. The first kappa shape index (κ1) is 22.1. The minimum Gasteiger partial charge on any atom is -0.497 e. The van der Waals surface area contributed by atoms with Crippen molar-refractivity contribution in [3.63, 3.8) is 0 Å². The summed E-state index contributed by atoms with van der Waals surface area (Å²) in [6, 6.07) is 23.7. The van der Waals surface area contributed by atoms with Crippen LogP contribution in [0.1, 0.15) is 35.4 Å². The third-order valence-electron chi connectivity index (χ3n) is 7.73. The molecule has 2 saturated heterocycles. The molecule has 2 fully saturated rings. The van der Waals surface area contributed by atoms with Crippen molar-refractivity contribution >= 4 is 6.09 Å². The molecule has 6 heteroatoms. The van der Waals surface area contributed by atoms with E-state index in [4.69, 9.17) is 14.2 Å². The fourth-order valence-electron chi connectivity index (χ4n) is 6.08. The van der Waals surface area contributed by atoms with Crippen LogP contribution in [0.25, 0.3) is 11.1 Å². The SMILES string of the molecule is COc1ccc(C2(O)CC3COCC(C2)N3C(=O)OCC2c3ccccc3-c3ccccc32)cc1. The second-order valence-corrected chi connectivity index (χ2v) is 9.72. The number of aliphatic hydroxyl groups is 1. The van der Waals surface area contributed by atoms with Gasteiger partial charge in [0.05, 0.1) is 38.0 Å². The fourth-order valence-corrected chi connectivity index (χ4v) is 6.08. The quantitative estimate of drug-likeness (QED) is 0.598. The van der Waals surface area contributed by atoms with Gasteiger partial charge in [0.1, 0.15) is 12.4 Å². The molecule has 3 aromatic rings. The van der Waals surface area contributed by atoms with Crippen molar-refractivity contribution in [2.24, 2.45) is 0 Å². The predicted molar refractivity (Wildman–Crippen MR) is 131 cm³/mol. The molecule has 3 aliphatic rings. The largest absolute Gasteiger partial charge is 0.497 e. The highest BCUT2D eigenvalue weighted by molar-refractivity contribution is 5.79. The number of ether oxygens (including phenoxy) is 3. The molecule has 0 saturated carbocycles. The number of hydrogen-bond acceptors (Lipinski definition) is 5. The van der Waals surface area contributed by atoms with Gasteiger partial charge in [-0.2, -0.15) is 0 Å². The van der Waals surface area contributed by atoms with Crippen LogP contribution in [-0.2, 0) is 15.1 Å². The highest BCUT2D eigenvalue weighted by Crippen LogP contribution is 2.45. The minimum absolute atomic E-state index is 0.0171. The summed E-state index contributed by atoms with van der Waals surface area (Å²) in [5, 5.41) is 11.6. The first-order valence-corrected chi connectivity index (χ1v) is 12.2. The summed E-state index contributed by atoms with van der Waals surface area (Å²) >= 11 is 0. The highest BCUT2D eigenvalue weighted by atomic mass is 16.6. The van der Waals surface area contributed by atoms with Crippen molar-refractivity contribution in [3.05, 3.63) is 89.5 Å². The second-order valence-electron chi connectivity index (χ2n) is 9.72.